The fourth-order valence-electron chi connectivity index (χ4n) is 3.49. The molecule has 2 amide bonds. The molecule has 0 unspecified atom stereocenters. The van der Waals surface area contributed by atoms with Crippen LogP contribution in [-0.4, -0.2) is 23.3 Å². The topological polar surface area (TPSA) is 49.4 Å². The minimum absolute atomic E-state index is 0.133. The van der Waals surface area contributed by atoms with Crippen molar-refractivity contribution in [1.82, 2.24) is 4.90 Å². The molecule has 0 aliphatic carbocycles. The molecule has 7 heteroatoms. The van der Waals surface area contributed by atoms with Gasteiger partial charge in [0.2, 0.25) is 5.91 Å². The second-order valence-electron chi connectivity index (χ2n) is 6.62. The molecule has 0 saturated carbocycles. The summed E-state index contributed by atoms with van der Waals surface area (Å²) in [6.07, 6.45) is 0. The summed E-state index contributed by atoms with van der Waals surface area (Å²) in [6, 6.07) is 19.1. The molecule has 3 aromatic carbocycles. The Kier molecular flexibility index (Phi) is 5.63. The van der Waals surface area contributed by atoms with E-state index in [0.29, 0.717) is 21.3 Å². The van der Waals surface area contributed by atoms with Gasteiger partial charge in [-0.3, -0.25) is 9.59 Å². The van der Waals surface area contributed by atoms with E-state index in [1.54, 1.807) is 30.3 Å². The number of nitrogens with zero attached hydrogens (tertiary/aromatic N) is 1. The Balaban J connectivity index is 1.94. The molecule has 3 aromatic rings. The fourth-order valence-corrected chi connectivity index (χ4v) is 4.32. The summed E-state index contributed by atoms with van der Waals surface area (Å²) >= 11 is 16.3. The van der Waals surface area contributed by atoms with Crippen LogP contribution in [0.4, 0.5) is 5.69 Å². The number of benzene rings is 3. The summed E-state index contributed by atoms with van der Waals surface area (Å²) in [4.78, 5) is 27.7. The molecule has 1 aliphatic heterocycles. The van der Waals surface area contributed by atoms with Gasteiger partial charge in [0.25, 0.3) is 5.91 Å². The van der Waals surface area contributed by atoms with Gasteiger partial charge in [0.05, 0.1) is 16.6 Å². The summed E-state index contributed by atoms with van der Waals surface area (Å²) in [5.74, 6) is -0.632. The van der Waals surface area contributed by atoms with Crippen LogP contribution in [-0.2, 0) is 4.79 Å². The van der Waals surface area contributed by atoms with Gasteiger partial charge in [0.1, 0.15) is 6.54 Å². The number of hydrogen-bond acceptors (Lipinski definition) is 2. The molecule has 1 aliphatic rings. The molecular weight excluding hydrogens is 475 g/mol. The lowest BCUT2D eigenvalue weighted by Gasteiger charge is -2.31. The Bertz CT molecular complexity index is 1120. The second-order valence-corrected chi connectivity index (χ2v) is 8.35. The first-order chi connectivity index (χ1) is 14.0. The molecule has 1 N–H and O–H groups in total. The average Bonchev–Trinajstić information content (AvgIpc) is 2.84. The normalized spacial score (nSPS) is 16.0. The van der Waals surface area contributed by atoms with Gasteiger partial charge < -0.3 is 10.2 Å². The molecule has 4 nitrogen and oxygen atoms in total. The van der Waals surface area contributed by atoms with E-state index in [1.165, 1.54) is 4.90 Å². The van der Waals surface area contributed by atoms with Crippen molar-refractivity contribution in [3.63, 3.8) is 0 Å². The SMILES string of the molecule is O=C1CN(C(=O)c2ccccc2Cl)[C@H](c2ccccc2Cl)c2cc(Br)ccc2N1. The Morgan fingerprint density at radius 3 is 2.38 bits per heavy atom. The monoisotopic (exact) mass is 488 g/mol. The molecule has 29 heavy (non-hydrogen) atoms. The van der Waals surface area contributed by atoms with Crippen LogP contribution in [0.15, 0.2) is 71.2 Å². The van der Waals surface area contributed by atoms with Crippen molar-refractivity contribution in [3.05, 3.63) is 97.9 Å². The number of fused-ring (bicyclic) bond motifs is 1. The second kappa shape index (κ2) is 8.19. The zero-order valence-corrected chi connectivity index (χ0v) is 18.1. The van der Waals surface area contributed by atoms with Crippen LogP contribution >= 0.6 is 39.1 Å². The Morgan fingerprint density at radius 2 is 1.66 bits per heavy atom. The van der Waals surface area contributed by atoms with Crippen LogP contribution in [0.25, 0.3) is 0 Å². The zero-order chi connectivity index (χ0) is 20.5. The highest BCUT2D eigenvalue weighted by atomic mass is 79.9. The van der Waals surface area contributed by atoms with Crippen molar-refractivity contribution in [2.45, 2.75) is 6.04 Å². The van der Waals surface area contributed by atoms with E-state index in [9.17, 15) is 9.59 Å². The van der Waals surface area contributed by atoms with Crippen molar-refractivity contribution in [3.8, 4) is 0 Å². The Hall–Kier alpha value is -2.34. The van der Waals surface area contributed by atoms with E-state index in [-0.39, 0.29) is 18.4 Å². The van der Waals surface area contributed by atoms with Gasteiger partial charge in [-0.2, -0.15) is 0 Å². The predicted octanol–water partition coefficient (Wildman–Crippen LogP) is 5.94. The first kappa shape index (κ1) is 20.0. The van der Waals surface area contributed by atoms with Gasteiger partial charge >= 0.3 is 0 Å². The quantitative estimate of drug-likeness (QED) is 0.484. The highest BCUT2D eigenvalue weighted by Gasteiger charge is 2.35. The summed E-state index contributed by atoms with van der Waals surface area (Å²) in [5, 5.41) is 3.73. The third-order valence-electron chi connectivity index (χ3n) is 4.77. The third kappa shape index (κ3) is 3.90. The maximum absolute atomic E-state index is 13.5. The standard InChI is InChI=1S/C22H15BrCl2N2O2/c23-13-9-10-19-16(11-13)21(14-5-1-3-7-17(14)24)27(12-20(28)26-19)22(29)15-6-2-4-8-18(15)25/h1-11,21H,12H2,(H,26,28)/t21-/m1/s1. The molecule has 0 saturated heterocycles. The van der Waals surface area contributed by atoms with Crippen molar-refractivity contribution in [2.24, 2.45) is 0 Å². The summed E-state index contributed by atoms with van der Waals surface area (Å²) < 4.78 is 0.828. The zero-order valence-electron chi connectivity index (χ0n) is 15.0. The van der Waals surface area contributed by atoms with Gasteiger partial charge in [0.15, 0.2) is 0 Å². The van der Waals surface area contributed by atoms with Crippen LogP contribution in [0.2, 0.25) is 10.0 Å². The minimum Gasteiger partial charge on any atom is -0.324 e. The van der Waals surface area contributed by atoms with Crippen LogP contribution in [0.5, 0.6) is 0 Å². The van der Waals surface area contributed by atoms with Gasteiger partial charge in [-0.25, -0.2) is 0 Å². The number of nitrogens with one attached hydrogen (secondary N) is 1. The van der Waals surface area contributed by atoms with Crippen molar-refractivity contribution in [2.75, 3.05) is 11.9 Å². The largest absolute Gasteiger partial charge is 0.324 e. The van der Waals surface area contributed by atoms with Gasteiger partial charge in [0, 0.05) is 20.7 Å². The Morgan fingerprint density at radius 1 is 0.966 bits per heavy atom. The number of amides is 2. The lowest BCUT2D eigenvalue weighted by atomic mass is 9.95. The third-order valence-corrected chi connectivity index (χ3v) is 5.94. The molecule has 0 radical (unpaired) electrons. The van der Waals surface area contributed by atoms with Gasteiger partial charge in [-0.15, -0.1) is 0 Å². The molecule has 1 heterocycles. The number of halogens is 3. The smallest absolute Gasteiger partial charge is 0.256 e. The lowest BCUT2D eigenvalue weighted by molar-refractivity contribution is -0.117. The molecule has 146 valence electrons. The fraction of sp³-hybridized carbons (Fsp3) is 0.0909. The van der Waals surface area contributed by atoms with Gasteiger partial charge in [-0.05, 0) is 42.0 Å². The van der Waals surface area contributed by atoms with E-state index in [2.05, 4.69) is 21.2 Å². The maximum atomic E-state index is 13.5. The van der Waals surface area contributed by atoms with Gasteiger partial charge in [-0.1, -0.05) is 69.5 Å². The molecule has 4 rings (SSSR count). The summed E-state index contributed by atoms with van der Waals surface area (Å²) in [5.41, 5.74) is 2.46. The van der Waals surface area contributed by atoms with Crippen LogP contribution in [0, 0.1) is 0 Å². The lowest BCUT2D eigenvalue weighted by Crippen LogP contribution is -2.39. The van der Waals surface area contributed by atoms with E-state index in [1.807, 2.05) is 36.4 Å². The molecule has 0 fully saturated rings. The van der Waals surface area contributed by atoms with E-state index in [4.69, 9.17) is 23.2 Å². The average molecular weight is 490 g/mol. The number of anilines is 1. The maximum Gasteiger partial charge on any atom is 0.256 e. The molecule has 1 atom stereocenters. The van der Waals surface area contributed by atoms with Crippen LogP contribution in [0.3, 0.4) is 0 Å². The molecular formula is C22H15BrCl2N2O2. The highest BCUT2D eigenvalue weighted by Crippen LogP contribution is 2.40. The summed E-state index contributed by atoms with van der Waals surface area (Å²) in [6.45, 7) is -0.133. The number of carbonyl (C=O) groups excluding carboxylic acids is 2. The summed E-state index contributed by atoms with van der Waals surface area (Å²) in [7, 11) is 0. The van der Waals surface area contributed by atoms with E-state index in [0.717, 1.165) is 15.6 Å². The van der Waals surface area contributed by atoms with Crippen molar-refractivity contribution >= 4 is 56.6 Å². The van der Waals surface area contributed by atoms with Crippen LogP contribution < -0.4 is 5.32 Å². The number of hydrogen-bond donors (Lipinski definition) is 1. The minimum atomic E-state index is -0.570. The van der Waals surface area contributed by atoms with Crippen molar-refractivity contribution in [1.29, 1.82) is 0 Å². The number of carbonyl (C=O) groups is 2. The van der Waals surface area contributed by atoms with Crippen molar-refractivity contribution < 1.29 is 9.59 Å². The van der Waals surface area contributed by atoms with E-state index >= 15 is 0 Å². The van der Waals surface area contributed by atoms with Crippen LogP contribution in [0.1, 0.15) is 27.5 Å². The highest BCUT2D eigenvalue weighted by molar-refractivity contribution is 9.10. The predicted molar refractivity (Wildman–Crippen MR) is 119 cm³/mol. The number of rotatable bonds is 2. The molecule has 0 bridgehead atoms. The first-order valence-electron chi connectivity index (χ1n) is 8.85. The molecule has 0 spiro atoms. The molecule has 0 aromatic heterocycles. The Labute approximate surface area is 186 Å². The van der Waals surface area contributed by atoms with E-state index < -0.39 is 6.04 Å². The first-order valence-corrected chi connectivity index (χ1v) is 10.4.